The summed E-state index contributed by atoms with van der Waals surface area (Å²) in [4.78, 5) is 17.1. The number of carbonyl (C=O) groups excluding carboxylic acids is 1. The van der Waals surface area contributed by atoms with Crippen molar-refractivity contribution in [3.8, 4) is 5.75 Å². The first-order valence-corrected chi connectivity index (χ1v) is 7.55. The van der Waals surface area contributed by atoms with E-state index >= 15 is 0 Å². The third-order valence-electron chi connectivity index (χ3n) is 3.65. The molecule has 1 aromatic carbocycles. The second kappa shape index (κ2) is 6.76. The Morgan fingerprint density at radius 1 is 1.38 bits per heavy atom. The highest BCUT2D eigenvalue weighted by atomic mass is 32.1. The maximum Gasteiger partial charge on any atom is 0.224 e. The van der Waals surface area contributed by atoms with E-state index in [4.69, 9.17) is 17.0 Å². The van der Waals surface area contributed by atoms with Crippen molar-refractivity contribution in [1.82, 2.24) is 14.5 Å². The summed E-state index contributed by atoms with van der Waals surface area (Å²) in [5.41, 5.74) is 1.92. The van der Waals surface area contributed by atoms with Crippen LogP contribution < -0.4 is 4.74 Å². The van der Waals surface area contributed by atoms with Gasteiger partial charge in [-0.2, -0.15) is 0 Å². The van der Waals surface area contributed by atoms with Crippen molar-refractivity contribution in [1.29, 1.82) is 0 Å². The van der Waals surface area contributed by atoms with Crippen LogP contribution in [0.15, 0.2) is 18.2 Å². The largest absolute Gasteiger partial charge is 0.497 e. The van der Waals surface area contributed by atoms with Crippen LogP contribution in [0.5, 0.6) is 5.75 Å². The molecule has 5 nitrogen and oxygen atoms in total. The zero-order valence-corrected chi connectivity index (χ0v) is 13.5. The second-order valence-electron chi connectivity index (χ2n) is 4.78. The summed E-state index contributed by atoms with van der Waals surface area (Å²) in [6.45, 7) is 6.05. The lowest BCUT2D eigenvalue weighted by Gasteiger charge is -2.18. The summed E-state index contributed by atoms with van der Waals surface area (Å²) in [6.07, 6.45) is 0.453. The molecule has 0 spiro atoms. The number of benzene rings is 1. The minimum absolute atomic E-state index is 0.157. The Hall–Kier alpha value is -1.82. The van der Waals surface area contributed by atoms with E-state index in [1.807, 2.05) is 41.5 Å². The summed E-state index contributed by atoms with van der Waals surface area (Å²) in [5, 5.41) is 0. The third-order valence-corrected chi connectivity index (χ3v) is 3.97. The minimum Gasteiger partial charge on any atom is -0.497 e. The number of hydrogen-bond donors (Lipinski definition) is 1. The van der Waals surface area contributed by atoms with Gasteiger partial charge in [0.1, 0.15) is 5.75 Å². The average molecular weight is 307 g/mol. The molecule has 0 radical (unpaired) electrons. The lowest BCUT2D eigenvalue weighted by molar-refractivity contribution is -0.131. The molecule has 1 heterocycles. The van der Waals surface area contributed by atoms with Crippen LogP contribution in [-0.2, 0) is 11.3 Å². The number of amides is 1. The van der Waals surface area contributed by atoms with E-state index in [9.17, 15) is 4.79 Å². The summed E-state index contributed by atoms with van der Waals surface area (Å²) in [7, 11) is 1.63. The van der Waals surface area contributed by atoms with Crippen LogP contribution in [0.3, 0.4) is 0 Å². The van der Waals surface area contributed by atoms with E-state index in [-0.39, 0.29) is 5.91 Å². The number of nitrogens with zero attached hydrogens (tertiary/aromatic N) is 2. The van der Waals surface area contributed by atoms with E-state index in [0.29, 0.717) is 17.7 Å². The van der Waals surface area contributed by atoms with Crippen LogP contribution in [0.1, 0.15) is 20.3 Å². The molecule has 0 aliphatic heterocycles. The molecule has 1 aromatic heterocycles. The van der Waals surface area contributed by atoms with Crippen LogP contribution >= 0.6 is 12.2 Å². The van der Waals surface area contributed by atoms with Gasteiger partial charge in [0.15, 0.2) is 4.77 Å². The van der Waals surface area contributed by atoms with E-state index < -0.39 is 0 Å². The lowest BCUT2D eigenvalue weighted by Crippen LogP contribution is -2.31. The first kappa shape index (κ1) is 15.6. The van der Waals surface area contributed by atoms with Gasteiger partial charge in [-0.1, -0.05) is 0 Å². The molecule has 2 aromatic rings. The summed E-state index contributed by atoms with van der Waals surface area (Å²) >= 11 is 5.35. The number of aryl methyl sites for hydroxylation is 1. The molecule has 2 rings (SSSR count). The number of imidazole rings is 1. The lowest BCUT2D eigenvalue weighted by atomic mass is 10.3. The molecule has 0 atom stereocenters. The molecule has 0 fully saturated rings. The van der Waals surface area contributed by atoms with E-state index in [1.54, 1.807) is 7.11 Å². The molecule has 21 heavy (non-hydrogen) atoms. The molecule has 1 N–H and O–H groups in total. The van der Waals surface area contributed by atoms with Crippen molar-refractivity contribution in [3.05, 3.63) is 23.0 Å². The highest BCUT2D eigenvalue weighted by molar-refractivity contribution is 7.71. The zero-order chi connectivity index (χ0) is 15.4. The quantitative estimate of drug-likeness (QED) is 0.835. The molecule has 0 bridgehead atoms. The summed E-state index contributed by atoms with van der Waals surface area (Å²) < 4.78 is 7.80. The monoisotopic (exact) mass is 307 g/mol. The molecule has 0 aliphatic carbocycles. The predicted octanol–water partition coefficient (Wildman–Crippen LogP) is 2.97. The van der Waals surface area contributed by atoms with Crippen molar-refractivity contribution < 1.29 is 9.53 Å². The number of carbonyl (C=O) groups is 1. The van der Waals surface area contributed by atoms with Gasteiger partial charge in [0.2, 0.25) is 5.91 Å². The zero-order valence-electron chi connectivity index (χ0n) is 12.7. The highest BCUT2D eigenvalue weighted by Crippen LogP contribution is 2.20. The molecule has 6 heteroatoms. The second-order valence-corrected chi connectivity index (χ2v) is 5.17. The van der Waals surface area contributed by atoms with Gasteiger partial charge in [-0.3, -0.25) is 4.79 Å². The van der Waals surface area contributed by atoms with Crippen molar-refractivity contribution in [2.24, 2.45) is 0 Å². The van der Waals surface area contributed by atoms with Gasteiger partial charge < -0.3 is 19.2 Å². The molecular formula is C15H21N3O2S. The normalized spacial score (nSPS) is 10.8. The van der Waals surface area contributed by atoms with Crippen LogP contribution in [0.2, 0.25) is 0 Å². The number of fused-ring (bicyclic) bond motifs is 1. The fourth-order valence-electron chi connectivity index (χ4n) is 2.43. The number of nitrogens with one attached hydrogen (secondary N) is 1. The summed E-state index contributed by atoms with van der Waals surface area (Å²) in [6, 6.07) is 5.77. The Morgan fingerprint density at radius 2 is 2.10 bits per heavy atom. The Morgan fingerprint density at radius 3 is 2.71 bits per heavy atom. The summed E-state index contributed by atoms with van der Waals surface area (Å²) in [5.74, 6) is 0.940. The Kier molecular flexibility index (Phi) is 5.01. The third kappa shape index (κ3) is 3.26. The Balaban J connectivity index is 2.21. The standard InChI is InChI=1S/C15H21N3O2S/c1-4-17(5-2)14(19)8-9-18-13-7-6-11(20-3)10-12(13)16-15(18)21/h6-7,10H,4-5,8-9H2,1-3H3,(H,16,21). The maximum atomic E-state index is 12.1. The predicted molar refractivity (Wildman–Crippen MR) is 86.2 cm³/mol. The van der Waals surface area contributed by atoms with E-state index in [1.165, 1.54) is 0 Å². The van der Waals surface area contributed by atoms with Crippen molar-refractivity contribution in [3.63, 3.8) is 0 Å². The number of rotatable bonds is 6. The van der Waals surface area contributed by atoms with Gasteiger partial charge in [-0.25, -0.2) is 0 Å². The van der Waals surface area contributed by atoms with Crippen molar-refractivity contribution in [2.75, 3.05) is 20.2 Å². The van der Waals surface area contributed by atoms with Crippen molar-refractivity contribution in [2.45, 2.75) is 26.8 Å². The molecule has 0 unspecified atom stereocenters. The molecule has 0 saturated carbocycles. The van der Waals surface area contributed by atoms with E-state index in [2.05, 4.69) is 4.98 Å². The van der Waals surface area contributed by atoms with Gasteiger partial charge in [0, 0.05) is 32.1 Å². The van der Waals surface area contributed by atoms with Crippen LogP contribution in [-0.4, -0.2) is 40.6 Å². The Bertz CT molecular complexity index is 686. The topological polar surface area (TPSA) is 50.3 Å². The van der Waals surface area contributed by atoms with Crippen LogP contribution in [0.4, 0.5) is 0 Å². The number of methoxy groups -OCH3 is 1. The number of H-pyrrole nitrogens is 1. The van der Waals surface area contributed by atoms with E-state index in [0.717, 1.165) is 29.9 Å². The number of aromatic amines is 1. The first-order valence-electron chi connectivity index (χ1n) is 7.15. The SMILES string of the molecule is CCN(CC)C(=O)CCn1c(=S)[nH]c2cc(OC)ccc21. The van der Waals surface area contributed by atoms with Gasteiger partial charge >= 0.3 is 0 Å². The Labute approximate surface area is 129 Å². The average Bonchev–Trinajstić information content (AvgIpc) is 2.80. The molecule has 114 valence electrons. The fraction of sp³-hybridized carbons (Fsp3) is 0.467. The smallest absolute Gasteiger partial charge is 0.224 e. The fourth-order valence-corrected chi connectivity index (χ4v) is 2.73. The van der Waals surface area contributed by atoms with Crippen LogP contribution in [0, 0.1) is 4.77 Å². The number of aromatic nitrogens is 2. The molecule has 1 amide bonds. The van der Waals surface area contributed by atoms with Gasteiger partial charge in [0.25, 0.3) is 0 Å². The highest BCUT2D eigenvalue weighted by Gasteiger charge is 2.11. The maximum absolute atomic E-state index is 12.1. The number of ether oxygens (including phenoxy) is 1. The molecule has 0 saturated heterocycles. The van der Waals surface area contributed by atoms with Gasteiger partial charge in [-0.05, 0) is 38.2 Å². The molecular weight excluding hydrogens is 286 g/mol. The van der Waals surface area contributed by atoms with Gasteiger partial charge in [0.05, 0.1) is 18.1 Å². The number of hydrogen-bond acceptors (Lipinski definition) is 3. The van der Waals surface area contributed by atoms with Crippen LogP contribution in [0.25, 0.3) is 11.0 Å². The minimum atomic E-state index is 0.157. The first-order chi connectivity index (χ1) is 10.1. The van der Waals surface area contributed by atoms with Gasteiger partial charge in [-0.15, -0.1) is 0 Å². The van der Waals surface area contributed by atoms with Crippen molar-refractivity contribution >= 4 is 29.2 Å². The molecule has 0 aliphatic rings.